The highest BCUT2D eigenvalue weighted by molar-refractivity contribution is 7.91. The van der Waals surface area contributed by atoms with E-state index in [0.717, 1.165) is 13.0 Å². The van der Waals surface area contributed by atoms with Crippen LogP contribution in [-0.4, -0.2) is 43.7 Å². The molecule has 0 spiro atoms. The average Bonchev–Trinajstić information content (AvgIpc) is 2.24. The van der Waals surface area contributed by atoms with Gasteiger partial charge in [0.15, 0.2) is 9.84 Å². The van der Waals surface area contributed by atoms with Crippen LogP contribution < -0.4 is 5.32 Å². The maximum absolute atomic E-state index is 11.1. The summed E-state index contributed by atoms with van der Waals surface area (Å²) in [4.78, 5) is 0. The summed E-state index contributed by atoms with van der Waals surface area (Å²) in [5.74, 6) is 0.580. The van der Waals surface area contributed by atoms with Crippen molar-refractivity contribution in [1.82, 2.24) is 5.32 Å². The Morgan fingerprint density at radius 3 is 2.50 bits per heavy atom. The molecule has 0 aromatic rings. The van der Waals surface area contributed by atoms with E-state index < -0.39 is 15.9 Å². The van der Waals surface area contributed by atoms with Gasteiger partial charge in [0.2, 0.25) is 0 Å². The minimum atomic E-state index is -3.01. The molecule has 1 fully saturated rings. The van der Waals surface area contributed by atoms with Gasteiger partial charge in [-0.05, 0) is 18.9 Å². The molecule has 4 nitrogen and oxygen atoms in total. The van der Waals surface area contributed by atoms with Crippen LogP contribution in [0.2, 0.25) is 0 Å². The van der Waals surface area contributed by atoms with Crippen LogP contribution in [0.3, 0.4) is 0 Å². The van der Waals surface area contributed by atoms with Gasteiger partial charge in [-0.25, -0.2) is 8.42 Å². The van der Waals surface area contributed by atoms with Gasteiger partial charge >= 0.3 is 0 Å². The van der Waals surface area contributed by atoms with E-state index in [2.05, 4.69) is 19.2 Å². The van der Waals surface area contributed by atoms with Crippen molar-refractivity contribution >= 4 is 9.84 Å². The lowest BCUT2D eigenvalue weighted by atomic mass is 10.1. The summed E-state index contributed by atoms with van der Waals surface area (Å²) in [5.41, 5.74) is 0. The molecule has 0 unspecified atom stereocenters. The highest BCUT2D eigenvalue weighted by Gasteiger charge is 2.35. The van der Waals surface area contributed by atoms with Crippen molar-refractivity contribution in [3.63, 3.8) is 0 Å². The zero-order chi connectivity index (χ0) is 10.8. The quantitative estimate of drug-likeness (QED) is 0.689. The molecule has 1 saturated heterocycles. The number of sulfone groups is 1. The molecule has 1 aliphatic heterocycles. The fourth-order valence-corrected chi connectivity index (χ4v) is 3.36. The van der Waals surface area contributed by atoms with E-state index in [1.165, 1.54) is 0 Å². The molecule has 1 rings (SSSR count). The lowest BCUT2D eigenvalue weighted by Crippen LogP contribution is -2.39. The standard InChI is InChI=1S/C9H19NO3S/c1-7(2)3-4-10-8-5-14(12,13)6-9(8)11/h7-11H,3-6H2,1-2H3/t8-,9-/m1/s1. The van der Waals surface area contributed by atoms with Crippen LogP contribution >= 0.6 is 0 Å². The van der Waals surface area contributed by atoms with E-state index in [9.17, 15) is 13.5 Å². The number of hydrogen-bond donors (Lipinski definition) is 2. The Labute approximate surface area is 85.6 Å². The Kier molecular flexibility index (Phi) is 3.92. The Hall–Kier alpha value is -0.130. The lowest BCUT2D eigenvalue weighted by Gasteiger charge is -2.15. The lowest BCUT2D eigenvalue weighted by molar-refractivity contribution is 0.165. The van der Waals surface area contributed by atoms with Crippen LogP contribution in [0.4, 0.5) is 0 Å². The largest absolute Gasteiger partial charge is 0.390 e. The summed E-state index contributed by atoms with van der Waals surface area (Å²) < 4.78 is 22.3. The van der Waals surface area contributed by atoms with Gasteiger partial charge in [-0.15, -0.1) is 0 Å². The molecule has 1 aliphatic rings. The summed E-state index contributed by atoms with van der Waals surface area (Å²) in [6.45, 7) is 5.00. The molecule has 0 aromatic carbocycles. The number of nitrogens with one attached hydrogen (secondary N) is 1. The molecular formula is C9H19NO3S. The third-order valence-electron chi connectivity index (χ3n) is 2.45. The summed E-state index contributed by atoms with van der Waals surface area (Å²) in [6, 6.07) is -0.265. The summed E-state index contributed by atoms with van der Waals surface area (Å²) in [7, 11) is -3.01. The number of rotatable bonds is 4. The maximum atomic E-state index is 11.1. The van der Waals surface area contributed by atoms with Crippen LogP contribution in [0.25, 0.3) is 0 Å². The Morgan fingerprint density at radius 1 is 1.43 bits per heavy atom. The predicted molar refractivity (Wildman–Crippen MR) is 55.9 cm³/mol. The molecule has 0 bridgehead atoms. The third-order valence-corrected chi connectivity index (χ3v) is 4.17. The van der Waals surface area contributed by atoms with Gasteiger partial charge in [0.25, 0.3) is 0 Å². The first-order valence-electron chi connectivity index (χ1n) is 5.02. The van der Waals surface area contributed by atoms with E-state index in [1.54, 1.807) is 0 Å². The second kappa shape index (κ2) is 4.59. The molecule has 0 aliphatic carbocycles. The molecule has 0 aromatic heterocycles. The molecule has 84 valence electrons. The highest BCUT2D eigenvalue weighted by Crippen LogP contribution is 2.12. The highest BCUT2D eigenvalue weighted by atomic mass is 32.2. The number of hydrogen-bond acceptors (Lipinski definition) is 4. The average molecular weight is 221 g/mol. The second-order valence-electron chi connectivity index (χ2n) is 4.39. The van der Waals surface area contributed by atoms with Crippen molar-refractivity contribution in [2.45, 2.75) is 32.4 Å². The monoisotopic (exact) mass is 221 g/mol. The normalized spacial score (nSPS) is 31.1. The summed E-state index contributed by atoms with van der Waals surface area (Å²) in [5, 5.41) is 12.5. The van der Waals surface area contributed by atoms with Crippen molar-refractivity contribution < 1.29 is 13.5 Å². The second-order valence-corrected chi connectivity index (χ2v) is 6.54. The first-order chi connectivity index (χ1) is 6.41. The first kappa shape index (κ1) is 11.9. The van der Waals surface area contributed by atoms with Crippen molar-refractivity contribution in [1.29, 1.82) is 0 Å². The predicted octanol–water partition coefficient (Wildman–Crippen LogP) is -0.220. The van der Waals surface area contributed by atoms with Crippen molar-refractivity contribution in [2.24, 2.45) is 5.92 Å². The third kappa shape index (κ3) is 3.55. The first-order valence-corrected chi connectivity index (χ1v) is 6.85. The smallest absolute Gasteiger partial charge is 0.154 e. The zero-order valence-corrected chi connectivity index (χ0v) is 9.55. The Morgan fingerprint density at radius 2 is 2.07 bits per heavy atom. The SMILES string of the molecule is CC(C)CCN[C@@H]1CS(=O)(=O)C[C@H]1O. The Bertz CT molecular complexity index is 274. The molecule has 0 saturated carbocycles. The molecule has 2 atom stereocenters. The van der Waals surface area contributed by atoms with Crippen molar-refractivity contribution in [3.05, 3.63) is 0 Å². The van der Waals surface area contributed by atoms with Crippen LogP contribution in [0, 0.1) is 5.92 Å². The van der Waals surface area contributed by atoms with E-state index in [4.69, 9.17) is 0 Å². The molecule has 14 heavy (non-hydrogen) atoms. The van der Waals surface area contributed by atoms with Gasteiger partial charge in [-0.3, -0.25) is 0 Å². The van der Waals surface area contributed by atoms with E-state index in [0.29, 0.717) is 5.92 Å². The van der Waals surface area contributed by atoms with Crippen molar-refractivity contribution in [3.8, 4) is 0 Å². The van der Waals surface area contributed by atoms with Gasteiger partial charge in [-0.2, -0.15) is 0 Å². The van der Waals surface area contributed by atoms with Crippen molar-refractivity contribution in [2.75, 3.05) is 18.1 Å². The van der Waals surface area contributed by atoms with E-state index in [-0.39, 0.29) is 17.5 Å². The summed E-state index contributed by atoms with van der Waals surface area (Å²) >= 11 is 0. The topological polar surface area (TPSA) is 66.4 Å². The maximum Gasteiger partial charge on any atom is 0.154 e. The number of aliphatic hydroxyl groups is 1. The summed E-state index contributed by atoms with van der Waals surface area (Å²) in [6.07, 6.45) is 0.274. The molecule has 0 radical (unpaired) electrons. The minimum absolute atomic E-state index is 0.0757. The molecule has 5 heteroatoms. The van der Waals surface area contributed by atoms with Gasteiger partial charge in [0.1, 0.15) is 0 Å². The molecule has 0 amide bonds. The zero-order valence-electron chi connectivity index (χ0n) is 8.73. The van der Waals surface area contributed by atoms with Gasteiger partial charge in [-0.1, -0.05) is 13.8 Å². The molecule has 2 N–H and O–H groups in total. The van der Waals surface area contributed by atoms with Crippen LogP contribution in [0.15, 0.2) is 0 Å². The van der Waals surface area contributed by atoms with Crippen LogP contribution in [0.1, 0.15) is 20.3 Å². The minimum Gasteiger partial charge on any atom is -0.390 e. The van der Waals surface area contributed by atoms with Gasteiger partial charge < -0.3 is 10.4 Å². The molecule has 1 heterocycles. The van der Waals surface area contributed by atoms with Crippen LogP contribution in [0.5, 0.6) is 0 Å². The fraction of sp³-hybridized carbons (Fsp3) is 1.00. The Balaban J connectivity index is 2.33. The van der Waals surface area contributed by atoms with Crippen LogP contribution in [-0.2, 0) is 9.84 Å². The van der Waals surface area contributed by atoms with Gasteiger partial charge in [0, 0.05) is 6.04 Å². The number of aliphatic hydroxyl groups excluding tert-OH is 1. The van der Waals surface area contributed by atoms with E-state index in [1.807, 2.05) is 0 Å². The van der Waals surface area contributed by atoms with Gasteiger partial charge in [0.05, 0.1) is 17.6 Å². The molecular weight excluding hydrogens is 202 g/mol. The van der Waals surface area contributed by atoms with E-state index >= 15 is 0 Å². The fourth-order valence-electron chi connectivity index (χ4n) is 1.58.